The Kier molecular flexibility index (Phi) is 7.64. The van der Waals surface area contributed by atoms with Crippen molar-refractivity contribution >= 4 is 57.1 Å². The van der Waals surface area contributed by atoms with Gasteiger partial charge >= 0.3 is 10.2 Å². The van der Waals surface area contributed by atoms with E-state index in [4.69, 9.17) is 16.0 Å². The number of rotatable bonds is 8. The summed E-state index contributed by atoms with van der Waals surface area (Å²) in [4.78, 5) is 3.20. The van der Waals surface area contributed by atoms with Crippen molar-refractivity contribution < 1.29 is 12.8 Å². The molecule has 0 spiro atoms. The molecule has 0 amide bonds. The standard InChI is InChI=1S/C33H38ClN3O3SSi/c1-5-18-37-32-25(21-30(34)29-16-17-35-31(29)32)23-36(41(37,38)39)22-24-19-26(20-24)40-42(33(2,3)4,27-12-8-6-9-13-27)28-14-10-7-11-15-28/h5-17,21,24,26,35H,1,18-20,22-23H2,2-4H3. The summed E-state index contributed by atoms with van der Waals surface area (Å²) in [7, 11) is -6.41. The highest BCUT2D eigenvalue weighted by atomic mass is 35.5. The molecule has 1 saturated carbocycles. The molecule has 2 aliphatic rings. The van der Waals surface area contributed by atoms with Gasteiger partial charge in [-0.2, -0.15) is 12.7 Å². The summed E-state index contributed by atoms with van der Waals surface area (Å²) in [5, 5.41) is 3.85. The molecule has 0 saturated heterocycles. The lowest BCUT2D eigenvalue weighted by Crippen LogP contribution is -2.68. The molecule has 6 nitrogen and oxygen atoms in total. The molecular weight excluding hydrogens is 582 g/mol. The minimum atomic E-state index is -3.75. The molecule has 220 valence electrons. The SMILES string of the molecule is C=CCN1c2c(cc(Cl)c3cc[nH]c23)CN(CC2CC(O[Si](c3ccccc3)(c3ccccc3)C(C)(C)C)C2)S1(=O)=O. The van der Waals surface area contributed by atoms with Crippen LogP contribution in [0.1, 0.15) is 39.2 Å². The third kappa shape index (κ3) is 4.83. The Balaban J connectivity index is 1.26. The van der Waals surface area contributed by atoms with Crippen molar-refractivity contribution in [1.29, 1.82) is 0 Å². The average Bonchev–Trinajstić information content (AvgIpc) is 3.43. The number of hydrogen-bond acceptors (Lipinski definition) is 3. The number of aromatic amines is 1. The zero-order valence-corrected chi connectivity index (χ0v) is 27.0. The summed E-state index contributed by atoms with van der Waals surface area (Å²) in [6, 6.07) is 25.1. The molecule has 0 atom stereocenters. The fourth-order valence-electron chi connectivity index (χ4n) is 6.77. The second-order valence-electron chi connectivity index (χ2n) is 12.5. The molecule has 0 radical (unpaired) electrons. The van der Waals surface area contributed by atoms with E-state index in [1.807, 2.05) is 12.1 Å². The molecule has 0 unspecified atom stereocenters. The van der Waals surface area contributed by atoms with E-state index in [0.29, 0.717) is 17.3 Å². The Morgan fingerprint density at radius 2 is 1.67 bits per heavy atom. The van der Waals surface area contributed by atoms with Crippen LogP contribution in [0.3, 0.4) is 0 Å². The highest BCUT2D eigenvalue weighted by Gasteiger charge is 2.53. The number of hydrogen-bond donors (Lipinski definition) is 1. The average molecular weight is 620 g/mol. The van der Waals surface area contributed by atoms with E-state index in [2.05, 4.69) is 93.0 Å². The zero-order valence-electron chi connectivity index (χ0n) is 24.4. The van der Waals surface area contributed by atoms with Gasteiger partial charge in [0.25, 0.3) is 8.32 Å². The monoisotopic (exact) mass is 619 g/mol. The van der Waals surface area contributed by atoms with Crippen LogP contribution in [0.25, 0.3) is 10.9 Å². The number of nitrogens with one attached hydrogen (secondary N) is 1. The van der Waals surface area contributed by atoms with Crippen molar-refractivity contribution in [2.24, 2.45) is 5.92 Å². The maximum Gasteiger partial charge on any atom is 0.304 e. The van der Waals surface area contributed by atoms with Crippen molar-refractivity contribution in [1.82, 2.24) is 9.29 Å². The van der Waals surface area contributed by atoms with Crippen LogP contribution in [0.2, 0.25) is 10.1 Å². The largest absolute Gasteiger partial charge is 0.404 e. The topological polar surface area (TPSA) is 65.6 Å². The predicted octanol–water partition coefficient (Wildman–Crippen LogP) is 6.23. The van der Waals surface area contributed by atoms with E-state index < -0.39 is 18.5 Å². The van der Waals surface area contributed by atoms with Gasteiger partial charge in [0, 0.05) is 30.8 Å². The molecule has 0 bridgehead atoms. The summed E-state index contributed by atoms with van der Waals surface area (Å²) in [6.45, 7) is 11.6. The van der Waals surface area contributed by atoms with E-state index in [9.17, 15) is 8.42 Å². The van der Waals surface area contributed by atoms with Crippen LogP contribution in [0.5, 0.6) is 0 Å². The van der Waals surface area contributed by atoms with E-state index in [-0.39, 0.29) is 30.1 Å². The minimum absolute atomic E-state index is 0.0679. The molecule has 9 heteroatoms. The number of aromatic nitrogens is 1. The van der Waals surface area contributed by atoms with Crippen molar-refractivity contribution in [2.45, 2.75) is 51.3 Å². The number of benzene rings is 3. The number of halogens is 1. The predicted molar refractivity (Wildman–Crippen MR) is 175 cm³/mol. The molecule has 6 rings (SSSR count). The highest BCUT2D eigenvalue weighted by molar-refractivity contribution is 7.90. The van der Waals surface area contributed by atoms with Gasteiger partial charge in [-0.3, -0.25) is 4.31 Å². The lowest BCUT2D eigenvalue weighted by Gasteiger charge is -2.49. The second kappa shape index (κ2) is 11.0. The van der Waals surface area contributed by atoms with Gasteiger partial charge in [0.2, 0.25) is 0 Å². The van der Waals surface area contributed by atoms with Gasteiger partial charge in [-0.25, -0.2) is 0 Å². The van der Waals surface area contributed by atoms with Gasteiger partial charge in [-0.1, -0.05) is 99.1 Å². The smallest absolute Gasteiger partial charge is 0.304 e. The zero-order chi connectivity index (χ0) is 29.7. The van der Waals surface area contributed by atoms with Crippen LogP contribution in [-0.4, -0.2) is 45.2 Å². The molecule has 1 aliphatic carbocycles. The molecule has 4 aromatic rings. The van der Waals surface area contributed by atoms with Crippen molar-refractivity contribution in [3.05, 3.63) is 102 Å². The van der Waals surface area contributed by atoms with Crippen LogP contribution < -0.4 is 14.7 Å². The Bertz CT molecular complexity index is 1660. The summed E-state index contributed by atoms with van der Waals surface area (Å²) in [6.07, 6.45) is 5.13. The van der Waals surface area contributed by atoms with Gasteiger partial charge in [0.05, 0.1) is 22.8 Å². The van der Waals surface area contributed by atoms with Crippen LogP contribution in [-0.2, 0) is 21.2 Å². The van der Waals surface area contributed by atoms with E-state index in [1.165, 1.54) is 14.7 Å². The van der Waals surface area contributed by atoms with E-state index in [1.54, 1.807) is 16.6 Å². The Morgan fingerprint density at radius 3 is 2.24 bits per heavy atom. The van der Waals surface area contributed by atoms with Crippen molar-refractivity contribution in [3.63, 3.8) is 0 Å². The van der Waals surface area contributed by atoms with Gasteiger partial charge in [0.15, 0.2) is 0 Å². The molecule has 1 aromatic heterocycles. The quantitative estimate of drug-likeness (QED) is 0.188. The summed E-state index contributed by atoms with van der Waals surface area (Å²) < 4.78 is 38.2. The Labute approximate surface area is 255 Å². The van der Waals surface area contributed by atoms with E-state index in [0.717, 1.165) is 29.3 Å². The first-order chi connectivity index (χ1) is 20.1. The van der Waals surface area contributed by atoms with Crippen LogP contribution >= 0.6 is 11.6 Å². The first kappa shape index (κ1) is 29.2. The second-order valence-corrected chi connectivity index (χ2v) is 19.0. The third-order valence-corrected chi connectivity index (χ3v) is 16.0. The summed E-state index contributed by atoms with van der Waals surface area (Å²) in [5.41, 5.74) is 2.30. The Morgan fingerprint density at radius 1 is 1.05 bits per heavy atom. The number of H-pyrrole nitrogens is 1. The summed E-state index contributed by atoms with van der Waals surface area (Å²) >= 11 is 6.60. The van der Waals surface area contributed by atoms with Crippen molar-refractivity contribution in [2.75, 3.05) is 17.4 Å². The first-order valence-corrected chi connectivity index (χ1v) is 18.2. The number of anilines is 1. The van der Waals surface area contributed by atoms with Crippen LogP contribution in [0.15, 0.2) is 91.6 Å². The molecule has 2 heterocycles. The van der Waals surface area contributed by atoms with E-state index >= 15 is 0 Å². The minimum Gasteiger partial charge on any atom is -0.404 e. The van der Waals surface area contributed by atoms with Gasteiger partial charge in [0.1, 0.15) is 0 Å². The molecule has 1 N–H and O–H groups in total. The maximum atomic E-state index is 13.9. The molecule has 3 aromatic carbocycles. The molecule has 42 heavy (non-hydrogen) atoms. The lowest BCUT2D eigenvalue weighted by molar-refractivity contribution is 0.0463. The van der Waals surface area contributed by atoms with Crippen LogP contribution in [0, 0.1) is 5.92 Å². The number of nitrogens with zero attached hydrogens (tertiary/aromatic N) is 2. The lowest BCUT2D eigenvalue weighted by atomic mass is 9.82. The molecule has 1 fully saturated rings. The Hall–Kier alpha value is -2.88. The van der Waals surface area contributed by atoms with Crippen LogP contribution in [0.4, 0.5) is 5.69 Å². The number of fused-ring (bicyclic) bond motifs is 3. The summed E-state index contributed by atoms with van der Waals surface area (Å²) in [5.74, 6) is 0.208. The normalized spacial score (nSPS) is 20.7. The third-order valence-electron chi connectivity index (χ3n) is 8.76. The first-order valence-electron chi connectivity index (χ1n) is 14.5. The molecular formula is C33H38ClN3O3SSi. The van der Waals surface area contributed by atoms with Gasteiger partial charge in [-0.15, -0.1) is 6.58 Å². The fourth-order valence-corrected chi connectivity index (χ4v) is 13.5. The van der Waals surface area contributed by atoms with Gasteiger partial charge in [-0.05, 0) is 51.9 Å². The highest BCUT2D eigenvalue weighted by Crippen LogP contribution is 2.44. The molecule has 1 aliphatic heterocycles. The fraction of sp³-hybridized carbons (Fsp3) is 0.333. The van der Waals surface area contributed by atoms with Gasteiger partial charge < -0.3 is 9.41 Å². The maximum absolute atomic E-state index is 13.9. The van der Waals surface area contributed by atoms with Crippen molar-refractivity contribution in [3.8, 4) is 0 Å².